The number of benzene rings is 2. The molecule has 0 spiro atoms. The van der Waals surface area contributed by atoms with Crippen molar-refractivity contribution in [3.8, 4) is 0 Å². The lowest BCUT2D eigenvalue weighted by Crippen LogP contribution is -2.34. The third-order valence-electron chi connectivity index (χ3n) is 3.40. The Balaban J connectivity index is 1.97. The van der Waals surface area contributed by atoms with Crippen LogP contribution < -0.4 is 10.4 Å². The maximum Gasteiger partial charge on any atom is 0.241 e. The predicted molar refractivity (Wildman–Crippen MR) is 75.6 cm³/mol. The molecule has 0 bridgehead atoms. The molecule has 2 aromatic carbocycles. The van der Waals surface area contributed by atoms with Crippen LogP contribution in [-0.2, 0) is 4.79 Å². The van der Waals surface area contributed by atoms with Crippen molar-refractivity contribution in [1.82, 2.24) is 5.43 Å². The van der Waals surface area contributed by atoms with Crippen molar-refractivity contribution < 1.29 is 4.79 Å². The Morgan fingerprint density at radius 3 is 2.63 bits per heavy atom. The van der Waals surface area contributed by atoms with Crippen molar-refractivity contribution in [1.29, 1.82) is 0 Å². The first-order chi connectivity index (χ1) is 9.24. The summed E-state index contributed by atoms with van der Waals surface area (Å²) in [6.07, 6.45) is 0.498. The van der Waals surface area contributed by atoms with Gasteiger partial charge in [-0.3, -0.25) is 15.2 Å². The predicted octanol–water partition coefficient (Wildman–Crippen LogP) is 2.98. The fraction of sp³-hybridized carbons (Fsp3) is 0.188. The van der Waals surface area contributed by atoms with Gasteiger partial charge in [-0.1, -0.05) is 42.5 Å². The lowest BCUT2D eigenvalue weighted by atomic mass is 10.0. The number of carbonyl (C=O) groups excluding carboxylic acids is 1. The average molecular weight is 252 g/mol. The van der Waals surface area contributed by atoms with Crippen LogP contribution in [0.1, 0.15) is 23.6 Å². The van der Waals surface area contributed by atoms with Crippen LogP contribution in [0, 0.1) is 6.92 Å². The highest BCUT2D eigenvalue weighted by Crippen LogP contribution is 2.32. The Morgan fingerprint density at radius 2 is 1.89 bits per heavy atom. The van der Waals surface area contributed by atoms with Crippen molar-refractivity contribution >= 4 is 11.6 Å². The molecule has 3 nitrogen and oxygen atoms in total. The third kappa shape index (κ3) is 2.32. The van der Waals surface area contributed by atoms with E-state index in [0.29, 0.717) is 6.42 Å². The summed E-state index contributed by atoms with van der Waals surface area (Å²) in [5.74, 6) is 0.0651. The van der Waals surface area contributed by atoms with Gasteiger partial charge in [0.2, 0.25) is 5.91 Å². The summed E-state index contributed by atoms with van der Waals surface area (Å²) in [4.78, 5) is 11.7. The van der Waals surface area contributed by atoms with E-state index in [-0.39, 0.29) is 11.9 Å². The summed E-state index contributed by atoms with van der Waals surface area (Å²) in [5, 5.41) is 1.96. The number of nitrogens with zero attached hydrogens (tertiary/aromatic N) is 1. The smallest absolute Gasteiger partial charge is 0.241 e. The van der Waals surface area contributed by atoms with Gasteiger partial charge in [-0.15, -0.1) is 0 Å². The van der Waals surface area contributed by atoms with E-state index in [0.717, 1.165) is 11.3 Å². The Morgan fingerprint density at radius 1 is 1.11 bits per heavy atom. The second-order valence-electron chi connectivity index (χ2n) is 4.87. The van der Waals surface area contributed by atoms with Gasteiger partial charge in [0.1, 0.15) is 0 Å². The number of hydrazine groups is 1. The Labute approximate surface area is 112 Å². The number of nitrogens with one attached hydrogen (secondary N) is 1. The van der Waals surface area contributed by atoms with E-state index >= 15 is 0 Å². The normalized spacial score (nSPS) is 18.5. The van der Waals surface area contributed by atoms with Crippen molar-refractivity contribution in [2.75, 3.05) is 5.01 Å². The second kappa shape index (κ2) is 4.76. The molecule has 1 heterocycles. The molecule has 1 aliphatic rings. The minimum Gasteiger partial charge on any atom is -0.278 e. The van der Waals surface area contributed by atoms with E-state index in [2.05, 4.69) is 36.6 Å². The van der Waals surface area contributed by atoms with Crippen molar-refractivity contribution in [3.05, 3.63) is 65.7 Å². The molecule has 1 atom stereocenters. The van der Waals surface area contributed by atoms with Gasteiger partial charge < -0.3 is 0 Å². The van der Waals surface area contributed by atoms with Gasteiger partial charge in [-0.2, -0.15) is 0 Å². The fourth-order valence-corrected chi connectivity index (χ4v) is 2.49. The first-order valence-corrected chi connectivity index (χ1v) is 6.44. The van der Waals surface area contributed by atoms with Gasteiger partial charge in [0.25, 0.3) is 0 Å². The van der Waals surface area contributed by atoms with E-state index in [1.54, 1.807) is 0 Å². The molecule has 0 aliphatic carbocycles. The van der Waals surface area contributed by atoms with Crippen LogP contribution in [0.25, 0.3) is 0 Å². The molecule has 19 heavy (non-hydrogen) atoms. The molecular formula is C16H16N2O. The minimum atomic E-state index is 0.0651. The van der Waals surface area contributed by atoms with Gasteiger partial charge in [-0.25, -0.2) is 0 Å². The molecule has 1 saturated heterocycles. The lowest BCUT2D eigenvalue weighted by Gasteiger charge is -2.26. The van der Waals surface area contributed by atoms with Crippen LogP contribution in [-0.4, -0.2) is 5.91 Å². The summed E-state index contributed by atoms with van der Waals surface area (Å²) in [6, 6.07) is 18.4. The highest BCUT2D eigenvalue weighted by molar-refractivity contribution is 5.83. The van der Waals surface area contributed by atoms with E-state index in [1.165, 1.54) is 5.56 Å². The standard InChI is InChI=1S/C16H16N2O/c1-12-6-5-9-14(10-12)18-15(11-16(19)17-18)13-7-3-2-4-8-13/h2-10,15H,11H2,1H3,(H,17,19). The minimum absolute atomic E-state index is 0.0651. The molecule has 2 aromatic rings. The molecule has 3 rings (SSSR count). The summed E-state index contributed by atoms with van der Waals surface area (Å²) in [5.41, 5.74) is 6.31. The van der Waals surface area contributed by atoms with Gasteiger partial charge in [0.15, 0.2) is 0 Å². The Bertz CT molecular complexity index is 595. The zero-order chi connectivity index (χ0) is 13.2. The van der Waals surface area contributed by atoms with Crippen molar-refractivity contribution in [3.63, 3.8) is 0 Å². The van der Waals surface area contributed by atoms with Crippen molar-refractivity contribution in [2.24, 2.45) is 0 Å². The summed E-state index contributed by atoms with van der Waals surface area (Å²) in [6.45, 7) is 2.05. The highest BCUT2D eigenvalue weighted by atomic mass is 16.2. The quantitative estimate of drug-likeness (QED) is 0.891. The van der Waals surface area contributed by atoms with Crippen LogP contribution in [0.2, 0.25) is 0 Å². The number of aryl methyl sites for hydroxylation is 1. The maximum atomic E-state index is 11.7. The Hall–Kier alpha value is -2.29. The molecule has 1 fully saturated rings. The first-order valence-electron chi connectivity index (χ1n) is 6.44. The summed E-state index contributed by atoms with van der Waals surface area (Å²) >= 11 is 0. The summed E-state index contributed by atoms with van der Waals surface area (Å²) in [7, 11) is 0. The van der Waals surface area contributed by atoms with Gasteiger partial charge in [0, 0.05) is 0 Å². The molecule has 0 aromatic heterocycles. The van der Waals surface area contributed by atoms with Crippen molar-refractivity contribution in [2.45, 2.75) is 19.4 Å². The Kier molecular flexibility index (Phi) is 2.95. The van der Waals surface area contributed by atoms with Crippen LogP contribution in [0.4, 0.5) is 5.69 Å². The summed E-state index contributed by atoms with van der Waals surface area (Å²) < 4.78 is 0. The second-order valence-corrected chi connectivity index (χ2v) is 4.87. The molecular weight excluding hydrogens is 236 g/mol. The molecule has 96 valence electrons. The van der Waals surface area contributed by atoms with E-state index < -0.39 is 0 Å². The number of hydrogen-bond acceptors (Lipinski definition) is 2. The zero-order valence-electron chi connectivity index (χ0n) is 10.8. The van der Waals surface area contributed by atoms with Gasteiger partial charge >= 0.3 is 0 Å². The van der Waals surface area contributed by atoms with E-state index in [4.69, 9.17) is 0 Å². The molecule has 1 N–H and O–H groups in total. The number of anilines is 1. The third-order valence-corrected chi connectivity index (χ3v) is 3.40. The number of hydrogen-bond donors (Lipinski definition) is 1. The number of rotatable bonds is 2. The van der Waals surface area contributed by atoms with Crippen LogP contribution in [0.3, 0.4) is 0 Å². The largest absolute Gasteiger partial charge is 0.278 e. The molecule has 1 aliphatic heterocycles. The SMILES string of the molecule is Cc1cccc(N2NC(=O)CC2c2ccccc2)c1. The van der Waals surface area contributed by atoms with Crippen LogP contribution in [0.5, 0.6) is 0 Å². The first kappa shape index (κ1) is 11.8. The monoisotopic (exact) mass is 252 g/mol. The lowest BCUT2D eigenvalue weighted by molar-refractivity contribution is -0.119. The molecule has 1 unspecified atom stereocenters. The average Bonchev–Trinajstić information content (AvgIpc) is 2.82. The molecule has 3 heteroatoms. The van der Waals surface area contributed by atoms with Gasteiger partial charge in [-0.05, 0) is 30.2 Å². The number of carbonyl (C=O) groups is 1. The van der Waals surface area contributed by atoms with Crippen LogP contribution in [0.15, 0.2) is 54.6 Å². The molecule has 0 saturated carbocycles. The maximum absolute atomic E-state index is 11.7. The zero-order valence-corrected chi connectivity index (χ0v) is 10.8. The molecule has 0 radical (unpaired) electrons. The topological polar surface area (TPSA) is 32.3 Å². The van der Waals surface area contributed by atoms with E-state index in [1.807, 2.05) is 35.3 Å². The van der Waals surface area contributed by atoms with E-state index in [9.17, 15) is 4.79 Å². The number of amides is 1. The highest BCUT2D eigenvalue weighted by Gasteiger charge is 2.31. The fourth-order valence-electron chi connectivity index (χ4n) is 2.49. The van der Waals surface area contributed by atoms with Crippen LogP contribution >= 0.6 is 0 Å². The van der Waals surface area contributed by atoms with Gasteiger partial charge in [0.05, 0.1) is 18.2 Å². The molecule has 1 amide bonds.